The van der Waals surface area contributed by atoms with E-state index >= 15 is 0 Å². The van der Waals surface area contributed by atoms with Gasteiger partial charge in [0.15, 0.2) is 0 Å². The molecule has 1 spiro atoms. The quantitative estimate of drug-likeness (QED) is 0.215. The SMILES string of the molecule is CC1(C)c2ccccc2C2(c3ccccc3-c3ccc(C4=CC(c5ccccc5)NC(c5ccc(C#N)cc5)[N-]4)cc32)c2ccccc21. The molecule has 2 aliphatic carbocycles. The van der Waals surface area contributed by atoms with E-state index in [1.807, 2.05) is 24.3 Å². The van der Waals surface area contributed by atoms with Crippen molar-refractivity contribution in [2.24, 2.45) is 0 Å². The van der Waals surface area contributed by atoms with Crippen LogP contribution in [0.3, 0.4) is 0 Å². The molecule has 0 aromatic heterocycles. The number of hydrogen-bond donors (Lipinski definition) is 1. The third-order valence-corrected chi connectivity index (χ3v) is 10.8. The summed E-state index contributed by atoms with van der Waals surface area (Å²) in [5.74, 6) is 0. The Kier molecular flexibility index (Phi) is 6.34. The second-order valence-corrected chi connectivity index (χ2v) is 13.6. The number of rotatable bonds is 3. The molecule has 0 bridgehead atoms. The smallest absolute Gasteiger partial charge is 0.0991 e. The van der Waals surface area contributed by atoms with Gasteiger partial charge in [-0.25, -0.2) is 0 Å². The number of fused-ring (bicyclic) bond motifs is 9. The second-order valence-electron chi connectivity index (χ2n) is 13.6. The van der Waals surface area contributed by atoms with E-state index in [4.69, 9.17) is 5.32 Å². The summed E-state index contributed by atoms with van der Waals surface area (Å²) in [5.41, 5.74) is 15.0. The fourth-order valence-corrected chi connectivity index (χ4v) is 8.55. The predicted molar refractivity (Wildman–Crippen MR) is 193 cm³/mol. The number of benzene rings is 6. The fourth-order valence-electron chi connectivity index (χ4n) is 8.55. The largest absolute Gasteiger partial charge is 0.666 e. The first kappa shape index (κ1) is 28.5. The Morgan fingerprint density at radius 1 is 0.583 bits per heavy atom. The zero-order chi connectivity index (χ0) is 32.5. The Hall–Kier alpha value is -5.69. The van der Waals surface area contributed by atoms with E-state index in [-0.39, 0.29) is 17.6 Å². The van der Waals surface area contributed by atoms with Crippen LogP contribution in [0.25, 0.3) is 22.1 Å². The highest BCUT2D eigenvalue weighted by Crippen LogP contribution is 2.62. The van der Waals surface area contributed by atoms with Gasteiger partial charge in [-0.2, -0.15) is 5.26 Å². The van der Waals surface area contributed by atoms with Crippen molar-refractivity contribution in [1.29, 1.82) is 5.26 Å². The summed E-state index contributed by atoms with van der Waals surface area (Å²) in [6.45, 7) is 4.73. The van der Waals surface area contributed by atoms with Crippen LogP contribution in [0, 0.1) is 11.3 Å². The van der Waals surface area contributed by atoms with Gasteiger partial charge in [-0.3, -0.25) is 0 Å². The van der Waals surface area contributed by atoms with Gasteiger partial charge in [-0.15, -0.1) is 5.70 Å². The van der Waals surface area contributed by atoms with Gasteiger partial charge in [0, 0.05) is 11.5 Å². The Morgan fingerprint density at radius 2 is 1.17 bits per heavy atom. The molecule has 0 saturated heterocycles. The van der Waals surface area contributed by atoms with E-state index in [0.717, 1.165) is 16.8 Å². The summed E-state index contributed by atoms with van der Waals surface area (Å²) in [5, 5.41) is 18.5. The van der Waals surface area contributed by atoms with Crippen molar-refractivity contribution in [3.63, 3.8) is 0 Å². The van der Waals surface area contributed by atoms with Gasteiger partial charge in [0.25, 0.3) is 0 Å². The first-order valence-corrected chi connectivity index (χ1v) is 16.7. The summed E-state index contributed by atoms with van der Waals surface area (Å²) in [6.07, 6.45) is 2.00. The Balaban J connectivity index is 1.27. The third-order valence-electron chi connectivity index (χ3n) is 10.8. The van der Waals surface area contributed by atoms with Gasteiger partial charge in [0.05, 0.1) is 17.0 Å². The summed E-state index contributed by atoms with van der Waals surface area (Å²) in [4.78, 5) is 0. The monoisotopic (exact) mass is 616 g/mol. The minimum Gasteiger partial charge on any atom is -0.666 e. The first-order chi connectivity index (χ1) is 23.5. The average Bonchev–Trinajstić information content (AvgIpc) is 3.44. The molecule has 3 heteroatoms. The highest BCUT2D eigenvalue weighted by Gasteiger charge is 2.53. The molecule has 1 N–H and O–H groups in total. The molecule has 3 aliphatic rings. The molecular weight excluding hydrogens is 583 g/mol. The van der Waals surface area contributed by atoms with Crippen LogP contribution in [0.2, 0.25) is 0 Å². The summed E-state index contributed by atoms with van der Waals surface area (Å²) in [6, 6.07) is 54.6. The molecule has 230 valence electrons. The van der Waals surface area contributed by atoms with Crippen LogP contribution in [0.4, 0.5) is 0 Å². The summed E-state index contributed by atoms with van der Waals surface area (Å²) < 4.78 is 0. The van der Waals surface area contributed by atoms with Gasteiger partial charge in [0.1, 0.15) is 0 Å². The maximum Gasteiger partial charge on any atom is 0.0991 e. The lowest BCUT2D eigenvalue weighted by Crippen LogP contribution is -2.40. The van der Waals surface area contributed by atoms with Crippen molar-refractivity contribution in [3.05, 3.63) is 213 Å². The second kappa shape index (κ2) is 10.7. The predicted octanol–water partition coefficient (Wildman–Crippen LogP) is 10.3. The minimum atomic E-state index is -0.455. The van der Waals surface area contributed by atoms with Crippen LogP contribution in [-0.2, 0) is 10.8 Å². The number of nitrogens with one attached hydrogen (secondary N) is 1. The summed E-state index contributed by atoms with van der Waals surface area (Å²) in [7, 11) is 0. The molecule has 3 nitrogen and oxygen atoms in total. The van der Waals surface area contributed by atoms with Gasteiger partial charge < -0.3 is 10.6 Å². The van der Waals surface area contributed by atoms with Crippen molar-refractivity contribution in [2.45, 2.75) is 36.9 Å². The molecule has 0 radical (unpaired) electrons. The van der Waals surface area contributed by atoms with Crippen molar-refractivity contribution >= 4 is 5.70 Å². The van der Waals surface area contributed by atoms with E-state index in [1.165, 1.54) is 50.1 Å². The molecule has 0 saturated carbocycles. The van der Waals surface area contributed by atoms with E-state index in [1.54, 1.807) is 0 Å². The molecule has 6 aromatic rings. The van der Waals surface area contributed by atoms with Crippen LogP contribution in [0.5, 0.6) is 0 Å². The van der Waals surface area contributed by atoms with Crippen LogP contribution < -0.4 is 5.32 Å². The maximum absolute atomic E-state index is 9.42. The van der Waals surface area contributed by atoms with Gasteiger partial charge in [-0.1, -0.05) is 153 Å². The normalized spacial score (nSPS) is 19.1. The van der Waals surface area contributed by atoms with Crippen molar-refractivity contribution in [2.75, 3.05) is 0 Å². The molecular formula is C45H34N3-. The van der Waals surface area contributed by atoms with Crippen LogP contribution >= 0.6 is 0 Å². The average molecular weight is 617 g/mol. The molecule has 48 heavy (non-hydrogen) atoms. The molecule has 0 fully saturated rings. The number of nitrogens with zero attached hydrogens (tertiary/aromatic N) is 2. The molecule has 9 rings (SSSR count). The van der Waals surface area contributed by atoms with Crippen LogP contribution in [-0.4, -0.2) is 0 Å². The maximum atomic E-state index is 9.42. The Morgan fingerprint density at radius 3 is 1.83 bits per heavy atom. The molecule has 6 aromatic carbocycles. The zero-order valence-electron chi connectivity index (χ0n) is 27.0. The Labute approximate surface area is 282 Å². The highest BCUT2D eigenvalue weighted by molar-refractivity contribution is 5.90. The molecule has 0 amide bonds. The number of hydrogen-bond acceptors (Lipinski definition) is 2. The van der Waals surface area contributed by atoms with Crippen LogP contribution in [0.15, 0.2) is 152 Å². The molecule has 1 aliphatic heterocycles. The van der Waals surface area contributed by atoms with Crippen molar-refractivity contribution in [3.8, 4) is 17.2 Å². The standard InChI is InChI=1S/C45H34N3/c1-44(2)36-16-8-10-18-38(36)45(39-19-11-9-17-37(39)44)35-15-7-6-14-33(35)34-25-24-32(26-40(34)45)42-27-41(30-12-4-3-5-13-30)47-43(48-42)31-22-20-29(28-46)21-23-31/h3-27,41,43,47H,1-2H3/q-1. The lowest BCUT2D eigenvalue weighted by molar-refractivity contribution is 0.541. The lowest BCUT2D eigenvalue weighted by Gasteiger charge is -2.47. The zero-order valence-corrected chi connectivity index (χ0v) is 27.0. The number of nitriles is 1. The topological polar surface area (TPSA) is 49.9 Å². The van der Waals surface area contributed by atoms with Crippen LogP contribution in [0.1, 0.15) is 81.7 Å². The van der Waals surface area contributed by atoms with E-state index in [9.17, 15) is 5.26 Å². The Bertz CT molecular complexity index is 2240. The molecule has 1 heterocycles. The summed E-state index contributed by atoms with van der Waals surface area (Å²) >= 11 is 0. The van der Waals surface area contributed by atoms with Gasteiger partial charge in [-0.05, 0) is 79.5 Å². The van der Waals surface area contributed by atoms with Gasteiger partial charge in [0.2, 0.25) is 0 Å². The van der Waals surface area contributed by atoms with Crippen molar-refractivity contribution < 1.29 is 0 Å². The van der Waals surface area contributed by atoms with Crippen molar-refractivity contribution in [1.82, 2.24) is 5.32 Å². The van der Waals surface area contributed by atoms with E-state index in [2.05, 4.69) is 153 Å². The van der Waals surface area contributed by atoms with Gasteiger partial charge >= 0.3 is 0 Å². The minimum absolute atomic E-state index is 0.0318. The lowest BCUT2D eigenvalue weighted by atomic mass is 9.55. The molecule has 2 unspecified atom stereocenters. The fraction of sp³-hybridized carbons (Fsp3) is 0.133. The van der Waals surface area contributed by atoms with E-state index < -0.39 is 5.41 Å². The third kappa shape index (κ3) is 4.03. The highest BCUT2D eigenvalue weighted by atomic mass is 15.2. The first-order valence-electron chi connectivity index (χ1n) is 16.7. The van der Waals surface area contributed by atoms with E-state index in [0.29, 0.717) is 5.56 Å². The molecule has 2 atom stereocenters.